The number of ether oxygens (including phenoxy) is 2. The molecule has 1 unspecified atom stereocenters. The molecule has 0 spiro atoms. The van der Waals surface area contributed by atoms with E-state index in [0.717, 1.165) is 19.3 Å². The number of carbonyl (C=O) groups excluding carboxylic acids is 1. The normalized spacial score (nSPS) is 22.2. The lowest BCUT2D eigenvalue weighted by Gasteiger charge is -2.34. The van der Waals surface area contributed by atoms with Gasteiger partial charge in [0.25, 0.3) is 0 Å². The van der Waals surface area contributed by atoms with Crippen LogP contribution in [0.5, 0.6) is 0 Å². The highest BCUT2D eigenvalue weighted by molar-refractivity contribution is 5.79. The zero-order valence-electron chi connectivity index (χ0n) is 13.5. The van der Waals surface area contributed by atoms with E-state index in [1.165, 1.54) is 12.8 Å². The predicted octanol–water partition coefficient (Wildman–Crippen LogP) is 3.03. The smallest absolute Gasteiger partial charge is 0.325 e. The molecule has 1 fully saturated rings. The topological polar surface area (TPSA) is 61.5 Å². The van der Waals surface area contributed by atoms with Crippen LogP contribution in [0.1, 0.15) is 66.2 Å². The van der Waals surface area contributed by atoms with Gasteiger partial charge in [-0.2, -0.15) is 0 Å². The molecule has 20 heavy (non-hydrogen) atoms. The second-order valence-electron chi connectivity index (χ2n) is 6.98. The summed E-state index contributed by atoms with van der Waals surface area (Å²) in [6.45, 7) is 9.22. The van der Waals surface area contributed by atoms with Crippen molar-refractivity contribution < 1.29 is 14.3 Å². The van der Waals surface area contributed by atoms with Gasteiger partial charge in [0, 0.05) is 6.61 Å². The zero-order chi connectivity index (χ0) is 15.2. The van der Waals surface area contributed by atoms with Crippen molar-refractivity contribution in [1.82, 2.24) is 0 Å². The fraction of sp³-hybridized carbons (Fsp3) is 0.938. The van der Waals surface area contributed by atoms with Gasteiger partial charge < -0.3 is 15.2 Å². The molecule has 0 amide bonds. The first-order valence-electron chi connectivity index (χ1n) is 7.84. The van der Waals surface area contributed by atoms with E-state index in [4.69, 9.17) is 15.2 Å². The van der Waals surface area contributed by atoms with Crippen molar-refractivity contribution in [2.24, 2.45) is 11.1 Å². The van der Waals surface area contributed by atoms with E-state index in [2.05, 4.69) is 13.8 Å². The Labute approximate surface area is 123 Å². The highest BCUT2D eigenvalue weighted by Crippen LogP contribution is 2.36. The lowest BCUT2D eigenvalue weighted by molar-refractivity contribution is -0.149. The maximum Gasteiger partial charge on any atom is 0.325 e. The maximum atomic E-state index is 11.6. The van der Waals surface area contributed by atoms with Gasteiger partial charge in [0.1, 0.15) is 5.54 Å². The second kappa shape index (κ2) is 7.41. The summed E-state index contributed by atoms with van der Waals surface area (Å²) in [5.41, 5.74) is 5.55. The summed E-state index contributed by atoms with van der Waals surface area (Å²) in [5.74, 6) is -0.320. The van der Waals surface area contributed by atoms with Crippen LogP contribution < -0.4 is 5.73 Å². The van der Waals surface area contributed by atoms with Crippen molar-refractivity contribution in [2.45, 2.75) is 77.9 Å². The first-order chi connectivity index (χ1) is 9.27. The van der Waals surface area contributed by atoms with Crippen LogP contribution in [0.2, 0.25) is 0 Å². The van der Waals surface area contributed by atoms with E-state index in [1.54, 1.807) is 13.8 Å². The van der Waals surface area contributed by atoms with Crippen LogP contribution >= 0.6 is 0 Å². The predicted molar refractivity (Wildman–Crippen MR) is 80.4 cm³/mol. The molecule has 1 aliphatic carbocycles. The zero-order valence-corrected chi connectivity index (χ0v) is 13.5. The highest BCUT2D eigenvalue weighted by atomic mass is 16.5. The molecule has 1 aliphatic rings. The van der Waals surface area contributed by atoms with E-state index in [0.29, 0.717) is 31.2 Å². The fourth-order valence-electron chi connectivity index (χ4n) is 2.63. The largest absolute Gasteiger partial charge is 0.465 e. The van der Waals surface area contributed by atoms with E-state index in [9.17, 15) is 4.79 Å². The summed E-state index contributed by atoms with van der Waals surface area (Å²) in [5, 5.41) is 0. The Balaban J connectivity index is 2.17. The van der Waals surface area contributed by atoms with Crippen molar-refractivity contribution in [2.75, 3.05) is 13.2 Å². The maximum absolute atomic E-state index is 11.6. The average molecular weight is 285 g/mol. The minimum absolute atomic E-state index is 0.320. The average Bonchev–Trinajstić information content (AvgIpc) is 2.36. The third kappa shape index (κ3) is 5.80. The fourth-order valence-corrected chi connectivity index (χ4v) is 2.63. The van der Waals surface area contributed by atoms with Gasteiger partial charge >= 0.3 is 5.97 Å². The van der Waals surface area contributed by atoms with Crippen LogP contribution in [0, 0.1) is 5.41 Å². The lowest BCUT2D eigenvalue weighted by Crippen LogP contribution is -2.46. The molecule has 0 bridgehead atoms. The Hall–Kier alpha value is -0.610. The molecule has 0 heterocycles. The number of rotatable bonds is 7. The van der Waals surface area contributed by atoms with Crippen molar-refractivity contribution >= 4 is 5.97 Å². The molecule has 0 aromatic rings. The molecular formula is C16H31NO3. The molecular weight excluding hydrogens is 254 g/mol. The van der Waals surface area contributed by atoms with Crippen LogP contribution in [0.25, 0.3) is 0 Å². The van der Waals surface area contributed by atoms with E-state index < -0.39 is 5.54 Å². The van der Waals surface area contributed by atoms with Gasteiger partial charge in [-0.05, 0) is 57.8 Å². The van der Waals surface area contributed by atoms with E-state index in [1.807, 2.05) is 0 Å². The summed E-state index contributed by atoms with van der Waals surface area (Å²) in [7, 11) is 0. The Morgan fingerprint density at radius 1 is 1.35 bits per heavy atom. The summed E-state index contributed by atoms with van der Waals surface area (Å²) in [6, 6.07) is 0. The minimum atomic E-state index is -0.895. The molecule has 0 aromatic carbocycles. The van der Waals surface area contributed by atoms with Crippen LogP contribution in [-0.4, -0.2) is 30.8 Å². The molecule has 1 saturated carbocycles. The van der Waals surface area contributed by atoms with Crippen LogP contribution in [0.15, 0.2) is 0 Å². The Morgan fingerprint density at radius 2 is 1.95 bits per heavy atom. The molecule has 1 atom stereocenters. The van der Waals surface area contributed by atoms with Gasteiger partial charge in [-0.3, -0.25) is 4.79 Å². The van der Waals surface area contributed by atoms with Crippen molar-refractivity contribution in [1.29, 1.82) is 0 Å². The second-order valence-corrected chi connectivity index (χ2v) is 6.98. The molecule has 0 saturated heterocycles. The van der Waals surface area contributed by atoms with Crippen molar-refractivity contribution in [3.8, 4) is 0 Å². The number of hydrogen-bond donors (Lipinski definition) is 1. The number of nitrogens with two attached hydrogens (primary N) is 1. The molecule has 0 aliphatic heterocycles. The van der Waals surface area contributed by atoms with E-state index >= 15 is 0 Å². The van der Waals surface area contributed by atoms with Gasteiger partial charge in [-0.1, -0.05) is 13.8 Å². The van der Waals surface area contributed by atoms with Crippen molar-refractivity contribution in [3.05, 3.63) is 0 Å². The Bertz CT molecular complexity index is 303. The molecule has 0 aromatic heterocycles. The summed E-state index contributed by atoms with van der Waals surface area (Å²) < 4.78 is 10.9. The number of esters is 1. The van der Waals surface area contributed by atoms with Crippen LogP contribution in [-0.2, 0) is 14.3 Å². The number of carbonyl (C=O) groups is 1. The van der Waals surface area contributed by atoms with Crippen molar-refractivity contribution in [3.63, 3.8) is 0 Å². The number of hydrogen-bond acceptors (Lipinski definition) is 4. The lowest BCUT2D eigenvalue weighted by atomic mass is 9.76. The monoisotopic (exact) mass is 285 g/mol. The van der Waals surface area contributed by atoms with Gasteiger partial charge in [-0.25, -0.2) is 0 Å². The van der Waals surface area contributed by atoms with Gasteiger partial charge in [0.05, 0.1) is 12.7 Å². The minimum Gasteiger partial charge on any atom is -0.465 e. The Morgan fingerprint density at radius 3 is 2.50 bits per heavy atom. The quantitative estimate of drug-likeness (QED) is 0.577. The SMILES string of the molecule is CCOC(=O)C(C)(N)CCCOC1CCC(C)(C)CC1. The van der Waals surface area contributed by atoms with Gasteiger partial charge in [-0.15, -0.1) is 0 Å². The molecule has 2 N–H and O–H groups in total. The highest BCUT2D eigenvalue weighted by Gasteiger charge is 2.30. The van der Waals surface area contributed by atoms with E-state index in [-0.39, 0.29) is 5.97 Å². The third-order valence-electron chi connectivity index (χ3n) is 4.22. The summed E-state index contributed by atoms with van der Waals surface area (Å²) in [4.78, 5) is 11.6. The van der Waals surface area contributed by atoms with Gasteiger partial charge in [0.15, 0.2) is 0 Å². The molecule has 1 rings (SSSR count). The molecule has 0 radical (unpaired) electrons. The van der Waals surface area contributed by atoms with Crippen LogP contribution in [0.3, 0.4) is 0 Å². The molecule has 118 valence electrons. The Kier molecular flexibility index (Phi) is 6.46. The summed E-state index contributed by atoms with van der Waals surface area (Å²) >= 11 is 0. The molecule has 4 nitrogen and oxygen atoms in total. The first kappa shape index (κ1) is 17.4. The first-order valence-corrected chi connectivity index (χ1v) is 7.84. The van der Waals surface area contributed by atoms with Gasteiger partial charge in [0.2, 0.25) is 0 Å². The molecule has 4 heteroatoms. The summed E-state index contributed by atoms with van der Waals surface area (Å²) in [6.07, 6.45) is 6.53. The standard InChI is InChI=1S/C16H31NO3/c1-5-19-14(18)16(4,17)9-6-12-20-13-7-10-15(2,3)11-8-13/h13H,5-12,17H2,1-4H3. The third-order valence-corrected chi connectivity index (χ3v) is 4.22. The van der Waals surface area contributed by atoms with Crippen LogP contribution in [0.4, 0.5) is 0 Å².